The lowest BCUT2D eigenvalue weighted by atomic mass is 10.2. The number of hydrogen-bond acceptors (Lipinski definition) is 4. The SMILES string of the molecule is O=C(Nc1ccc(CO)cc1)c1ccc(=O)oc1. The van der Waals surface area contributed by atoms with Crippen LogP contribution in [-0.2, 0) is 6.61 Å². The Morgan fingerprint density at radius 3 is 2.44 bits per heavy atom. The van der Waals surface area contributed by atoms with Gasteiger partial charge in [0, 0.05) is 11.8 Å². The average Bonchev–Trinajstić information content (AvgIpc) is 2.40. The molecule has 1 heterocycles. The largest absolute Gasteiger partial charge is 0.430 e. The zero-order valence-corrected chi connectivity index (χ0v) is 9.42. The highest BCUT2D eigenvalue weighted by molar-refractivity contribution is 6.03. The van der Waals surface area contributed by atoms with E-state index in [-0.39, 0.29) is 18.1 Å². The zero-order chi connectivity index (χ0) is 13.0. The maximum atomic E-state index is 11.8. The first kappa shape index (κ1) is 12.1. The fourth-order valence-electron chi connectivity index (χ4n) is 1.38. The first-order chi connectivity index (χ1) is 8.69. The molecular formula is C13H11NO4. The molecule has 1 aromatic carbocycles. The Labute approximate surface area is 103 Å². The van der Waals surface area contributed by atoms with Crippen LogP contribution >= 0.6 is 0 Å². The molecule has 0 saturated carbocycles. The minimum atomic E-state index is -0.501. The lowest BCUT2D eigenvalue weighted by Crippen LogP contribution is -2.12. The van der Waals surface area contributed by atoms with Gasteiger partial charge in [-0.05, 0) is 23.8 Å². The van der Waals surface area contributed by atoms with Crippen LogP contribution in [0.5, 0.6) is 0 Å². The molecule has 0 fully saturated rings. The molecule has 0 aliphatic heterocycles. The normalized spacial score (nSPS) is 10.1. The van der Waals surface area contributed by atoms with Gasteiger partial charge in [0.15, 0.2) is 0 Å². The topological polar surface area (TPSA) is 79.5 Å². The lowest BCUT2D eigenvalue weighted by Gasteiger charge is -2.05. The summed E-state index contributed by atoms with van der Waals surface area (Å²) in [5.41, 5.74) is 1.13. The fourth-order valence-corrected chi connectivity index (χ4v) is 1.38. The van der Waals surface area contributed by atoms with E-state index in [1.54, 1.807) is 24.3 Å². The van der Waals surface area contributed by atoms with E-state index in [1.807, 2.05) is 0 Å². The number of aliphatic hydroxyl groups is 1. The number of carbonyl (C=O) groups excluding carboxylic acids is 1. The van der Waals surface area contributed by atoms with E-state index in [9.17, 15) is 9.59 Å². The predicted octanol–water partition coefficient (Wildman–Crippen LogP) is 1.38. The highest BCUT2D eigenvalue weighted by Crippen LogP contribution is 2.11. The van der Waals surface area contributed by atoms with Crippen LogP contribution in [0.2, 0.25) is 0 Å². The molecule has 2 aromatic rings. The number of nitrogens with one attached hydrogen (secondary N) is 1. The van der Waals surface area contributed by atoms with Crippen molar-refractivity contribution in [1.82, 2.24) is 0 Å². The standard InChI is InChI=1S/C13H11NO4/c15-7-9-1-4-11(5-2-9)14-13(17)10-3-6-12(16)18-8-10/h1-6,8,15H,7H2,(H,14,17). The van der Waals surface area contributed by atoms with Crippen molar-refractivity contribution in [3.8, 4) is 0 Å². The third-order valence-corrected chi connectivity index (χ3v) is 2.36. The smallest absolute Gasteiger partial charge is 0.335 e. The third kappa shape index (κ3) is 2.83. The van der Waals surface area contributed by atoms with Crippen LogP contribution in [0.1, 0.15) is 15.9 Å². The highest BCUT2D eigenvalue weighted by Gasteiger charge is 2.06. The maximum absolute atomic E-state index is 11.8. The number of hydrogen-bond donors (Lipinski definition) is 2. The summed E-state index contributed by atoms with van der Waals surface area (Å²) in [5, 5.41) is 11.5. The number of anilines is 1. The first-order valence-corrected chi connectivity index (χ1v) is 5.29. The van der Waals surface area contributed by atoms with Crippen molar-refractivity contribution in [2.24, 2.45) is 0 Å². The van der Waals surface area contributed by atoms with Gasteiger partial charge in [-0.15, -0.1) is 0 Å². The van der Waals surface area contributed by atoms with Gasteiger partial charge < -0.3 is 14.8 Å². The van der Waals surface area contributed by atoms with Gasteiger partial charge >= 0.3 is 5.63 Å². The van der Waals surface area contributed by atoms with E-state index in [4.69, 9.17) is 5.11 Å². The number of carbonyl (C=O) groups is 1. The molecule has 0 saturated heterocycles. The molecule has 1 amide bonds. The van der Waals surface area contributed by atoms with E-state index >= 15 is 0 Å². The minimum absolute atomic E-state index is 0.0436. The second-order valence-corrected chi connectivity index (χ2v) is 3.65. The molecule has 92 valence electrons. The number of benzene rings is 1. The van der Waals surface area contributed by atoms with Crippen LogP contribution < -0.4 is 10.9 Å². The van der Waals surface area contributed by atoms with Gasteiger partial charge in [0.25, 0.3) is 5.91 Å². The van der Waals surface area contributed by atoms with Crippen LogP contribution in [0.15, 0.2) is 51.9 Å². The second kappa shape index (κ2) is 5.29. The molecule has 5 heteroatoms. The molecule has 2 rings (SSSR count). The molecular weight excluding hydrogens is 234 g/mol. The average molecular weight is 245 g/mol. The summed E-state index contributed by atoms with van der Waals surface area (Å²) in [5.74, 6) is -0.365. The van der Waals surface area contributed by atoms with Crippen LogP contribution in [0.3, 0.4) is 0 Å². The molecule has 0 aliphatic carbocycles. The van der Waals surface area contributed by atoms with Gasteiger partial charge in [-0.1, -0.05) is 12.1 Å². The molecule has 0 unspecified atom stereocenters. The Morgan fingerprint density at radius 1 is 1.17 bits per heavy atom. The van der Waals surface area contributed by atoms with Gasteiger partial charge in [0.05, 0.1) is 12.2 Å². The van der Waals surface area contributed by atoms with Crippen molar-refractivity contribution in [1.29, 1.82) is 0 Å². The molecule has 18 heavy (non-hydrogen) atoms. The summed E-state index contributed by atoms with van der Waals surface area (Å²) in [7, 11) is 0. The molecule has 0 radical (unpaired) electrons. The number of rotatable bonds is 3. The van der Waals surface area contributed by atoms with Crippen LogP contribution in [0.4, 0.5) is 5.69 Å². The maximum Gasteiger partial charge on any atom is 0.335 e. The highest BCUT2D eigenvalue weighted by atomic mass is 16.4. The van der Waals surface area contributed by atoms with Gasteiger partial charge in [-0.3, -0.25) is 4.79 Å². The van der Waals surface area contributed by atoms with Gasteiger partial charge in [-0.25, -0.2) is 4.79 Å². The van der Waals surface area contributed by atoms with E-state index in [0.717, 1.165) is 11.8 Å². The Balaban J connectivity index is 2.10. The number of amides is 1. The van der Waals surface area contributed by atoms with Crippen LogP contribution in [-0.4, -0.2) is 11.0 Å². The van der Waals surface area contributed by atoms with Gasteiger partial charge in [0.1, 0.15) is 6.26 Å². The van der Waals surface area contributed by atoms with Crippen LogP contribution in [0.25, 0.3) is 0 Å². The Kier molecular flexibility index (Phi) is 3.54. The summed E-state index contributed by atoms with van der Waals surface area (Å²) < 4.78 is 4.60. The van der Waals surface area contributed by atoms with Crippen molar-refractivity contribution >= 4 is 11.6 Å². The quantitative estimate of drug-likeness (QED) is 0.856. The summed E-state index contributed by atoms with van der Waals surface area (Å²) in [4.78, 5) is 22.5. The Bertz CT molecular complexity index is 581. The molecule has 5 nitrogen and oxygen atoms in total. The summed E-state index contributed by atoms with van der Waals surface area (Å²) in [6, 6.07) is 9.36. The van der Waals surface area contributed by atoms with Gasteiger partial charge in [0.2, 0.25) is 0 Å². The third-order valence-electron chi connectivity index (χ3n) is 2.36. The summed E-state index contributed by atoms with van der Waals surface area (Å²) in [6.45, 7) is -0.0436. The first-order valence-electron chi connectivity index (χ1n) is 5.29. The fraction of sp³-hybridized carbons (Fsp3) is 0.0769. The molecule has 0 bridgehead atoms. The van der Waals surface area contributed by atoms with Crippen molar-refractivity contribution < 1.29 is 14.3 Å². The molecule has 0 aliphatic rings. The van der Waals surface area contributed by atoms with Crippen molar-refractivity contribution in [2.45, 2.75) is 6.61 Å². The Hall–Kier alpha value is -2.40. The van der Waals surface area contributed by atoms with E-state index in [2.05, 4.69) is 9.73 Å². The molecule has 2 N–H and O–H groups in total. The van der Waals surface area contributed by atoms with E-state index in [0.29, 0.717) is 5.69 Å². The van der Waals surface area contributed by atoms with Crippen molar-refractivity contribution in [2.75, 3.05) is 5.32 Å². The van der Waals surface area contributed by atoms with Crippen molar-refractivity contribution in [3.63, 3.8) is 0 Å². The lowest BCUT2D eigenvalue weighted by molar-refractivity contribution is 0.102. The Morgan fingerprint density at radius 2 is 1.89 bits per heavy atom. The molecule has 1 aromatic heterocycles. The second-order valence-electron chi connectivity index (χ2n) is 3.65. The molecule has 0 atom stereocenters. The van der Waals surface area contributed by atoms with E-state index < -0.39 is 5.63 Å². The number of aliphatic hydroxyl groups excluding tert-OH is 1. The zero-order valence-electron chi connectivity index (χ0n) is 9.42. The monoisotopic (exact) mass is 245 g/mol. The summed E-state index contributed by atoms with van der Waals surface area (Å²) >= 11 is 0. The van der Waals surface area contributed by atoms with Crippen LogP contribution in [0, 0.1) is 0 Å². The van der Waals surface area contributed by atoms with Crippen molar-refractivity contribution in [3.05, 3.63) is 64.2 Å². The predicted molar refractivity (Wildman–Crippen MR) is 65.3 cm³/mol. The molecule has 0 spiro atoms. The summed E-state index contributed by atoms with van der Waals surface area (Å²) in [6.07, 6.45) is 1.11. The van der Waals surface area contributed by atoms with Gasteiger partial charge in [-0.2, -0.15) is 0 Å². The minimum Gasteiger partial charge on any atom is -0.430 e. The van der Waals surface area contributed by atoms with E-state index in [1.165, 1.54) is 12.1 Å².